The first kappa shape index (κ1) is 24.1. The van der Waals surface area contributed by atoms with Gasteiger partial charge in [-0.2, -0.15) is 4.39 Å². The number of halogens is 1. The van der Waals surface area contributed by atoms with Crippen molar-refractivity contribution in [2.45, 2.75) is 52.0 Å². The second-order valence-electron chi connectivity index (χ2n) is 8.99. The number of aryl methyl sites for hydroxylation is 1. The van der Waals surface area contributed by atoms with Crippen LogP contribution < -0.4 is 15.8 Å². The van der Waals surface area contributed by atoms with Gasteiger partial charge in [0.2, 0.25) is 18.1 Å². The predicted octanol–water partition coefficient (Wildman–Crippen LogP) is 1.55. The number of hydrogen-bond donors (Lipinski definition) is 3. The number of amides is 2. The van der Waals surface area contributed by atoms with Gasteiger partial charge in [0, 0.05) is 25.7 Å². The van der Waals surface area contributed by atoms with Crippen LogP contribution in [0.5, 0.6) is 0 Å². The van der Waals surface area contributed by atoms with Crippen molar-refractivity contribution < 1.29 is 19.2 Å². The van der Waals surface area contributed by atoms with Crippen molar-refractivity contribution in [3.8, 4) is 0 Å². The lowest BCUT2D eigenvalue weighted by Gasteiger charge is -2.39. The van der Waals surface area contributed by atoms with E-state index in [4.69, 9.17) is 0 Å². The molecule has 2 heterocycles. The van der Waals surface area contributed by atoms with Crippen LogP contribution in [0.25, 0.3) is 0 Å². The Morgan fingerprint density at radius 3 is 2.72 bits per heavy atom. The van der Waals surface area contributed by atoms with Crippen LogP contribution in [-0.4, -0.2) is 76.7 Å². The number of aromatic nitrogens is 2. The lowest BCUT2D eigenvalue weighted by molar-refractivity contribution is -0.154. The molecular formula is C21H34FN7O3. The van der Waals surface area contributed by atoms with E-state index in [1.165, 1.54) is 0 Å². The molecule has 0 aromatic carbocycles. The average molecular weight is 452 g/mol. The molecule has 1 aliphatic heterocycles. The van der Waals surface area contributed by atoms with Crippen molar-refractivity contribution in [2.24, 2.45) is 11.8 Å². The highest BCUT2D eigenvalue weighted by Crippen LogP contribution is 2.31. The zero-order valence-corrected chi connectivity index (χ0v) is 19.1. The first-order valence-corrected chi connectivity index (χ1v) is 11.2. The van der Waals surface area contributed by atoms with E-state index in [2.05, 4.69) is 25.7 Å². The molecule has 2 aliphatic rings. The Kier molecular flexibility index (Phi) is 8.19. The van der Waals surface area contributed by atoms with Crippen molar-refractivity contribution in [1.82, 2.24) is 25.4 Å². The number of rotatable bonds is 9. The van der Waals surface area contributed by atoms with E-state index < -0.39 is 17.6 Å². The van der Waals surface area contributed by atoms with Crippen LogP contribution in [0.1, 0.15) is 44.9 Å². The average Bonchev–Trinajstić information content (AvgIpc) is 3.26. The quantitative estimate of drug-likeness (QED) is 0.294. The molecule has 0 radical (unpaired) electrons. The summed E-state index contributed by atoms with van der Waals surface area (Å²) in [4.78, 5) is 36.2. The number of hydrogen-bond acceptors (Lipinski definition) is 8. The highest BCUT2D eigenvalue weighted by molar-refractivity contribution is 5.80. The van der Waals surface area contributed by atoms with E-state index in [0.29, 0.717) is 29.8 Å². The fourth-order valence-corrected chi connectivity index (χ4v) is 4.68. The highest BCUT2D eigenvalue weighted by atomic mass is 19.1. The molecule has 1 saturated carbocycles. The second kappa shape index (κ2) is 10.9. The number of carbonyl (C=O) groups is 2. The zero-order chi connectivity index (χ0) is 23.3. The molecule has 178 valence electrons. The number of piperazine rings is 1. The number of nitrogens with zero attached hydrogens (tertiary/aromatic N) is 5. The molecule has 2 amide bonds. The Hall–Kier alpha value is -2.53. The van der Waals surface area contributed by atoms with E-state index in [9.17, 15) is 14.8 Å². The molecule has 3 N–H and O–H groups in total. The van der Waals surface area contributed by atoms with Gasteiger partial charge in [-0.3, -0.25) is 25.6 Å². The number of hydrazine groups is 1. The number of hydroxylamine groups is 2. The minimum absolute atomic E-state index is 0.0784. The largest absolute Gasteiger partial charge is 0.349 e. The summed E-state index contributed by atoms with van der Waals surface area (Å²) in [5.41, 5.74) is 5.12. The molecule has 0 bridgehead atoms. The van der Waals surface area contributed by atoms with Crippen molar-refractivity contribution in [3.63, 3.8) is 0 Å². The summed E-state index contributed by atoms with van der Waals surface area (Å²) in [6.45, 7) is 5.79. The normalized spacial score (nSPS) is 20.8. The van der Waals surface area contributed by atoms with E-state index >= 15 is 4.39 Å². The maximum absolute atomic E-state index is 15.3. The third kappa shape index (κ3) is 6.04. The number of likely N-dealkylation sites (N-methyl/N-ethyl adjacent to an activating group) is 1. The Balaban J connectivity index is 1.70. The molecule has 0 spiro atoms. The van der Waals surface area contributed by atoms with Crippen LogP contribution in [0.3, 0.4) is 0 Å². The van der Waals surface area contributed by atoms with Crippen molar-refractivity contribution in [1.29, 1.82) is 0 Å². The van der Waals surface area contributed by atoms with Gasteiger partial charge < -0.3 is 9.80 Å². The van der Waals surface area contributed by atoms with Crippen LogP contribution in [0.2, 0.25) is 0 Å². The Morgan fingerprint density at radius 2 is 2.06 bits per heavy atom. The van der Waals surface area contributed by atoms with Gasteiger partial charge in [0.1, 0.15) is 5.82 Å². The van der Waals surface area contributed by atoms with Gasteiger partial charge >= 0.3 is 0 Å². The molecule has 1 saturated heterocycles. The Bertz CT molecular complexity index is 806. The summed E-state index contributed by atoms with van der Waals surface area (Å²) in [5, 5.41) is 10.1. The second-order valence-corrected chi connectivity index (χ2v) is 8.99. The van der Waals surface area contributed by atoms with E-state index in [0.717, 1.165) is 38.8 Å². The van der Waals surface area contributed by atoms with E-state index in [-0.39, 0.29) is 30.6 Å². The summed E-state index contributed by atoms with van der Waals surface area (Å²) in [7, 11) is 2.03. The minimum atomic E-state index is -0.628. The Morgan fingerprint density at radius 1 is 1.34 bits per heavy atom. The molecule has 2 fully saturated rings. The maximum atomic E-state index is 15.3. The molecule has 1 aromatic heterocycles. The van der Waals surface area contributed by atoms with Gasteiger partial charge in [0.25, 0.3) is 0 Å². The van der Waals surface area contributed by atoms with Gasteiger partial charge in [0.05, 0.1) is 12.5 Å². The molecule has 10 nitrogen and oxygen atoms in total. The predicted molar refractivity (Wildman–Crippen MR) is 117 cm³/mol. The topological polar surface area (TPSA) is 114 Å². The lowest BCUT2D eigenvalue weighted by Crippen LogP contribution is -2.51. The van der Waals surface area contributed by atoms with Crippen molar-refractivity contribution in [3.05, 3.63) is 11.6 Å². The molecule has 1 aliphatic carbocycles. The number of anilines is 2. The van der Waals surface area contributed by atoms with Crippen LogP contribution in [0.4, 0.5) is 16.0 Å². The van der Waals surface area contributed by atoms with Gasteiger partial charge in [-0.15, -0.1) is 0 Å². The highest BCUT2D eigenvalue weighted by Gasteiger charge is 2.29. The monoisotopic (exact) mass is 451 g/mol. The van der Waals surface area contributed by atoms with Crippen molar-refractivity contribution >= 4 is 24.0 Å². The molecule has 3 rings (SSSR count). The van der Waals surface area contributed by atoms with Crippen LogP contribution in [-0.2, 0) is 9.59 Å². The lowest BCUT2D eigenvalue weighted by atomic mass is 9.92. The van der Waals surface area contributed by atoms with Crippen molar-refractivity contribution in [2.75, 3.05) is 43.6 Å². The minimum Gasteiger partial charge on any atom is -0.349 e. The molecule has 32 heavy (non-hydrogen) atoms. The molecule has 1 aromatic rings. The van der Waals surface area contributed by atoms with Gasteiger partial charge in [0.15, 0.2) is 11.6 Å². The summed E-state index contributed by atoms with van der Waals surface area (Å²) in [6, 6.07) is 0.0784. The molecular weight excluding hydrogens is 417 g/mol. The van der Waals surface area contributed by atoms with Crippen LogP contribution in [0, 0.1) is 24.6 Å². The fourth-order valence-electron chi connectivity index (χ4n) is 4.68. The summed E-state index contributed by atoms with van der Waals surface area (Å²) < 4.78 is 15.3. The van der Waals surface area contributed by atoms with E-state index in [1.807, 2.05) is 18.9 Å². The van der Waals surface area contributed by atoms with Crippen LogP contribution >= 0.6 is 0 Å². The van der Waals surface area contributed by atoms with Gasteiger partial charge in [-0.05, 0) is 33.2 Å². The number of nitrogens with one attached hydrogen (secondary N) is 2. The molecule has 2 atom stereocenters. The fraction of sp³-hybridized carbons (Fsp3) is 0.714. The van der Waals surface area contributed by atoms with E-state index in [1.54, 1.807) is 6.92 Å². The van der Waals surface area contributed by atoms with Gasteiger partial charge in [-0.25, -0.2) is 15.0 Å². The molecule has 11 heteroatoms. The molecule has 2 unspecified atom stereocenters. The van der Waals surface area contributed by atoms with Gasteiger partial charge in [-0.1, -0.05) is 25.7 Å². The SMILES string of the molecule is Cc1nc(NNC(=O)C(CC2CCCC2)CN(O)C=O)c(F)c(N2CCN(C)CC2C)n1. The standard InChI is InChI=1S/C21H34FN7O3/c1-14-11-27(3)8-9-29(14)20-18(22)19(23-15(2)24-20)25-26-21(31)17(12-28(32)13-30)10-16-6-4-5-7-16/h13-14,16-17,32H,4-12H2,1-3H3,(H,26,31)(H,23,24,25). The maximum Gasteiger partial charge on any atom is 0.243 e. The summed E-state index contributed by atoms with van der Waals surface area (Å²) >= 11 is 0. The third-order valence-electron chi connectivity index (χ3n) is 6.34. The first-order valence-electron chi connectivity index (χ1n) is 11.2. The summed E-state index contributed by atoms with van der Waals surface area (Å²) in [5.74, 6) is -0.825. The Labute approximate surface area is 188 Å². The van der Waals surface area contributed by atoms with Crippen LogP contribution in [0.15, 0.2) is 0 Å². The smallest absolute Gasteiger partial charge is 0.243 e. The summed E-state index contributed by atoms with van der Waals surface area (Å²) in [6.07, 6.45) is 5.11. The zero-order valence-electron chi connectivity index (χ0n) is 19.1. The third-order valence-corrected chi connectivity index (χ3v) is 6.34. The number of carbonyl (C=O) groups excluding carboxylic acids is 2. The first-order chi connectivity index (χ1) is 15.3.